The zero-order chi connectivity index (χ0) is 64.7. The summed E-state index contributed by atoms with van der Waals surface area (Å²) in [5, 5.41) is 0. The normalized spacial score (nSPS) is 12.3. The molecule has 0 aliphatic rings. The molecule has 20 heteroatoms. The van der Waals surface area contributed by atoms with Crippen molar-refractivity contribution in [3.05, 3.63) is 99.2 Å². The van der Waals surface area contributed by atoms with E-state index in [0.717, 1.165) is 102 Å². The predicted octanol–water partition coefficient (Wildman–Crippen LogP) is 11.2. The topological polar surface area (TPSA) is 247 Å². The largest absolute Gasteiger partial charge is 0.463 e. The highest BCUT2D eigenvalue weighted by Crippen LogP contribution is 2.10. The van der Waals surface area contributed by atoms with Crippen LogP contribution in [0.2, 0.25) is 0 Å². The summed E-state index contributed by atoms with van der Waals surface area (Å²) in [5.74, 6) is -3.14. The van der Waals surface area contributed by atoms with Crippen molar-refractivity contribution in [1.82, 2.24) is 0 Å². The summed E-state index contributed by atoms with van der Waals surface area (Å²) < 4.78 is 61.7. The van der Waals surface area contributed by atoms with E-state index in [1.807, 2.05) is 13.8 Å². The Bertz CT molecular complexity index is 1910. The molecule has 0 rings (SSSR count). The maximum atomic E-state index is 11.3. The number of esters is 8. The van der Waals surface area contributed by atoms with Crippen LogP contribution < -0.4 is 0 Å². The Morgan fingerprint density at radius 2 is 0.524 bits per heavy atom. The first-order valence-electron chi connectivity index (χ1n) is 28.7. The van der Waals surface area contributed by atoms with Gasteiger partial charge in [-0.1, -0.05) is 117 Å². The van der Waals surface area contributed by atoms with Gasteiger partial charge in [-0.05, 0) is 94.9 Å². The van der Waals surface area contributed by atoms with Crippen molar-refractivity contribution in [2.45, 2.75) is 196 Å². The van der Waals surface area contributed by atoms with E-state index in [1.54, 1.807) is 55.4 Å². The molecule has 6 unspecified atom stereocenters. The van der Waals surface area contributed by atoms with Crippen molar-refractivity contribution in [3.63, 3.8) is 0 Å². The summed E-state index contributed by atoms with van der Waals surface area (Å²) in [6, 6.07) is 0. The van der Waals surface area contributed by atoms with Crippen LogP contribution in [0.5, 0.6) is 0 Å². The van der Waals surface area contributed by atoms with E-state index in [9.17, 15) is 38.4 Å². The number of ether oxygens (including phenoxy) is 12. The third-order valence-electron chi connectivity index (χ3n) is 10.6. The standard InChI is InChI=1S/C17H28O6.C17H28O4.C15H24O6.C15H24O4/c1-11(2)16(18)22-9-14(6)20-8-13(5)21-10-15(7)23-17(19)12(3)4;1-14(2)16(18)20-12-10-8-6-5-7-9-11-13-21-17(19)15(3)4;1-6-14(16)20-9-12(4)18-8-11(3)19-10-13(5)21-15(17)7-2;1-3-14(16)18-12-10-8-6-5-7-9-11-13-19-15(17)4-2/h13-15H,1,3,8-10H2,2,4-7H3;1,3,5-13H2,2,4H3;6-7,11-13H,1-2,8-10H2,3-5H3;3-4H,1-2,5-13H2. The molecule has 0 aliphatic carbocycles. The van der Waals surface area contributed by atoms with Crippen LogP contribution >= 0.6 is 0 Å². The Hall–Kier alpha value is -6.48. The van der Waals surface area contributed by atoms with Gasteiger partial charge >= 0.3 is 47.8 Å². The van der Waals surface area contributed by atoms with Crippen molar-refractivity contribution in [3.8, 4) is 0 Å². The molecule has 0 aliphatic heterocycles. The number of hydrogen-bond acceptors (Lipinski definition) is 20. The zero-order valence-corrected chi connectivity index (χ0v) is 52.6. The predicted molar refractivity (Wildman–Crippen MR) is 323 cm³/mol. The van der Waals surface area contributed by atoms with Gasteiger partial charge < -0.3 is 56.8 Å². The van der Waals surface area contributed by atoms with Crippen molar-refractivity contribution < 1.29 is 95.2 Å². The molecule has 20 nitrogen and oxygen atoms in total. The van der Waals surface area contributed by atoms with E-state index in [0.29, 0.717) is 61.9 Å². The van der Waals surface area contributed by atoms with Crippen LogP contribution in [0.25, 0.3) is 0 Å². The van der Waals surface area contributed by atoms with Gasteiger partial charge in [-0.3, -0.25) is 0 Å². The summed E-state index contributed by atoms with van der Waals surface area (Å²) in [7, 11) is 0. The molecule has 0 N–H and O–H groups in total. The molecule has 0 aromatic heterocycles. The van der Waals surface area contributed by atoms with Crippen LogP contribution in [0.3, 0.4) is 0 Å². The molecule has 0 fully saturated rings. The molecule has 0 spiro atoms. The number of unbranched alkanes of at least 4 members (excludes halogenated alkanes) is 12. The highest BCUT2D eigenvalue weighted by Gasteiger charge is 2.16. The SMILES string of the molecule is C=C(C)C(=O)OCC(C)OCC(C)OCC(C)OC(=O)C(=C)C.C=C(C)C(=O)OCCCCCCCCCOC(=O)C(=C)C.C=CC(=O)OCC(C)OCC(C)OCC(C)OC(=O)C=C.C=CC(=O)OCCCCCCCCCOC(=O)C=C. The molecule has 0 saturated carbocycles. The van der Waals surface area contributed by atoms with Crippen molar-refractivity contribution in [2.24, 2.45) is 0 Å². The molecule has 84 heavy (non-hydrogen) atoms. The third kappa shape index (κ3) is 60.1. The Kier molecular flexibility index (Phi) is 57.0. The van der Waals surface area contributed by atoms with Gasteiger partial charge in [0.2, 0.25) is 0 Å². The van der Waals surface area contributed by atoms with Gasteiger partial charge in [0.25, 0.3) is 0 Å². The fourth-order valence-corrected chi connectivity index (χ4v) is 5.78. The summed E-state index contributed by atoms with van der Waals surface area (Å²) >= 11 is 0. The Morgan fingerprint density at radius 3 is 0.833 bits per heavy atom. The molecular formula is C64H104O20. The Morgan fingerprint density at radius 1 is 0.286 bits per heavy atom. The van der Waals surface area contributed by atoms with Gasteiger partial charge in [-0.25, -0.2) is 38.4 Å². The van der Waals surface area contributed by atoms with Crippen LogP contribution in [-0.2, 0) is 95.2 Å². The Balaban J connectivity index is -0.000000509. The molecular weight excluding hydrogens is 1090 g/mol. The van der Waals surface area contributed by atoms with Crippen LogP contribution in [-0.4, -0.2) is 150 Å². The molecule has 480 valence electrons. The van der Waals surface area contributed by atoms with Gasteiger partial charge in [0.05, 0.1) is 77.3 Å². The van der Waals surface area contributed by atoms with E-state index in [-0.39, 0.29) is 86.9 Å². The van der Waals surface area contributed by atoms with Crippen LogP contribution in [0, 0.1) is 0 Å². The molecule has 0 saturated heterocycles. The van der Waals surface area contributed by atoms with E-state index in [1.165, 1.54) is 12.2 Å². The molecule has 0 bridgehead atoms. The molecule has 0 aromatic rings. The second kappa shape index (κ2) is 57.0. The third-order valence-corrected chi connectivity index (χ3v) is 10.6. The van der Waals surface area contributed by atoms with Gasteiger partial charge in [0.1, 0.15) is 25.4 Å². The fourth-order valence-electron chi connectivity index (χ4n) is 5.78. The lowest BCUT2D eigenvalue weighted by molar-refractivity contribution is -0.150. The summed E-state index contributed by atoms with van der Waals surface area (Å²) in [4.78, 5) is 88.1. The van der Waals surface area contributed by atoms with Gasteiger partial charge in [-0.15, -0.1) is 0 Å². The maximum absolute atomic E-state index is 11.3. The second-order valence-electron chi connectivity index (χ2n) is 19.8. The van der Waals surface area contributed by atoms with Crippen LogP contribution in [0.4, 0.5) is 0 Å². The van der Waals surface area contributed by atoms with Crippen LogP contribution in [0.1, 0.15) is 159 Å². The monoisotopic (exact) mass is 1190 g/mol. The molecule has 6 atom stereocenters. The minimum Gasteiger partial charge on any atom is -0.463 e. The van der Waals surface area contributed by atoms with Crippen LogP contribution in [0.15, 0.2) is 99.2 Å². The minimum atomic E-state index is -0.479. The van der Waals surface area contributed by atoms with E-state index in [4.69, 9.17) is 56.8 Å². The lowest BCUT2D eigenvalue weighted by atomic mass is 10.1. The Labute approximate surface area is 502 Å². The van der Waals surface area contributed by atoms with Crippen molar-refractivity contribution in [1.29, 1.82) is 0 Å². The molecule has 0 aromatic carbocycles. The molecule has 0 radical (unpaired) electrons. The highest BCUT2D eigenvalue weighted by atomic mass is 16.6. The van der Waals surface area contributed by atoms with Crippen molar-refractivity contribution >= 4 is 47.8 Å². The first-order chi connectivity index (χ1) is 39.7. The lowest BCUT2D eigenvalue weighted by Gasteiger charge is -2.20. The van der Waals surface area contributed by atoms with Gasteiger partial charge in [0.15, 0.2) is 0 Å². The van der Waals surface area contributed by atoms with Crippen molar-refractivity contribution in [2.75, 3.05) is 66.1 Å². The van der Waals surface area contributed by atoms with Gasteiger partial charge in [0, 0.05) is 46.6 Å². The summed E-state index contributed by atoms with van der Waals surface area (Å²) in [5.41, 5.74) is 1.60. The average Bonchev–Trinajstić information content (AvgIpc) is 3.46. The van der Waals surface area contributed by atoms with E-state index < -0.39 is 23.9 Å². The number of rotatable bonds is 46. The molecule has 0 amide bonds. The second-order valence-corrected chi connectivity index (χ2v) is 19.8. The average molecular weight is 1190 g/mol. The zero-order valence-electron chi connectivity index (χ0n) is 52.6. The molecule has 0 heterocycles. The number of hydrogen-bond donors (Lipinski definition) is 0. The smallest absolute Gasteiger partial charge is 0.333 e. The summed E-state index contributed by atoms with van der Waals surface area (Å²) in [6.45, 7) is 48.0. The number of carbonyl (C=O) groups excluding carboxylic acids is 8. The van der Waals surface area contributed by atoms with Gasteiger partial charge in [-0.2, -0.15) is 0 Å². The first kappa shape index (κ1) is 84.0. The highest BCUT2D eigenvalue weighted by molar-refractivity contribution is 5.88. The maximum Gasteiger partial charge on any atom is 0.333 e. The fraction of sp³-hybridized carbons (Fsp3) is 0.625. The first-order valence-corrected chi connectivity index (χ1v) is 28.7. The van der Waals surface area contributed by atoms with E-state index >= 15 is 0 Å². The lowest BCUT2D eigenvalue weighted by Crippen LogP contribution is -2.28. The number of carbonyl (C=O) groups is 8. The minimum absolute atomic E-state index is 0.158. The summed E-state index contributed by atoms with van der Waals surface area (Å²) in [6.07, 6.45) is 17.7. The van der Waals surface area contributed by atoms with E-state index in [2.05, 4.69) is 52.6 Å². The quantitative estimate of drug-likeness (QED) is 0.0238.